The summed E-state index contributed by atoms with van der Waals surface area (Å²) in [6.07, 6.45) is 4.91. The molecule has 0 atom stereocenters. The van der Waals surface area contributed by atoms with Crippen molar-refractivity contribution in [2.24, 2.45) is 0 Å². The Labute approximate surface area is 158 Å². The van der Waals surface area contributed by atoms with Gasteiger partial charge in [0.2, 0.25) is 0 Å². The van der Waals surface area contributed by atoms with E-state index in [2.05, 4.69) is 124 Å². The SMILES string of the molecule is [3H]N(I)C#CC#CC#CC#CC#CC#CC#CC#CC#CC#CC#C. The highest BCUT2D eigenvalue weighted by atomic mass is 127. The van der Waals surface area contributed by atoms with Gasteiger partial charge in [-0.1, -0.05) is 0 Å². The van der Waals surface area contributed by atoms with Gasteiger partial charge in [0.05, 0.1) is 22.9 Å². The third-order valence-electron chi connectivity index (χ3n) is 1.30. The molecule has 0 fully saturated rings. The third kappa shape index (κ3) is 17.7. The van der Waals surface area contributed by atoms with Crippen LogP contribution in [0.4, 0.5) is 0 Å². The van der Waals surface area contributed by atoms with E-state index in [4.69, 9.17) is 7.84 Å². The lowest BCUT2D eigenvalue weighted by atomic mass is 10.4. The number of terminal acetylenes is 1. The second-order valence-corrected chi connectivity index (χ2v) is 3.20. The molecule has 0 rings (SSSR count). The first-order chi connectivity index (χ1) is 12.3. The number of hydrogen-bond donors (Lipinski definition) is 1. The van der Waals surface area contributed by atoms with E-state index >= 15 is 0 Å². The van der Waals surface area contributed by atoms with Crippen LogP contribution in [-0.2, 0) is 0 Å². The lowest BCUT2D eigenvalue weighted by molar-refractivity contribution is 1.61. The van der Waals surface area contributed by atoms with Crippen molar-refractivity contribution in [3.8, 4) is 131 Å². The van der Waals surface area contributed by atoms with Crippen LogP contribution in [0.2, 0.25) is 1.41 Å². The molecule has 0 aliphatic carbocycles. The molecule has 0 saturated heterocycles. The van der Waals surface area contributed by atoms with E-state index in [9.17, 15) is 0 Å². The predicted octanol–water partition coefficient (Wildman–Crippen LogP) is 0.551. The largest absolute Gasteiger partial charge is 0.287 e. The Morgan fingerprint density at radius 1 is 0.500 bits per heavy atom. The standard InChI is InChI=1S/C22H2IN/c1-2-3-4-5-6-7-8-9-10-11-12-13-14-15-16-17-18-19-20-21-22-24-23/h1,24H/i/hT. The molecule has 1 N–H and O–H groups in total. The molecule has 0 unspecified atom stereocenters. The molecule has 102 valence electrons. The third-order valence-corrected chi connectivity index (χ3v) is 1.54. The number of halogens is 1. The minimum atomic E-state index is 0.916. The fourth-order valence-corrected chi connectivity index (χ4v) is 0.737. The summed E-state index contributed by atoms with van der Waals surface area (Å²) in [4.78, 5) is 0. The van der Waals surface area contributed by atoms with Crippen LogP contribution in [0.5, 0.6) is 0 Å². The molecule has 2 heteroatoms. The maximum absolute atomic E-state index is 6.95. The fourth-order valence-electron chi connectivity index (χ4n) is 0.616. The van der Waals surface area contributed by atoms with Gasteiger partial charge in [-0.05, 0) is 47.4 Å². The van der Waals surface area contributed by atoms with Gasteiger partial charge in [0, 0.05) is 77.1 Å². The molecule has 0 heterocycles. The van der Waals surface area contributed by atoms with Crippen molar-refractivity contribution in [1.29, 1.82) is 0 Å². The first-order valence-electron chi connectivity index (χ1n) is 6.13. The normalized spacial score (nSPS) is 4.58. The van der Waals surface area contributed by atoms with Crippen LogP contribution in [-0.4, -0.2) is 0 Å². The Bertz CT molecular complexity index is 1180. The van der Waals surface area contributed by atoms with Crippen LogP contribution in [0, 0.1) is 131 Å². The summed E-state index contributed by atoms with van der Waals surface area (Å²) in [7, 11) is 0. The van der Waals surface area contributed by atoms with E-state index in [0.29, 0.717) is 0 Å². The van der Waals surface area contributed by atoms with Crippen molar-refractivity contribution in [3.05, 3.63) is 0 Å². The highest BCUT2D eigenvalue weighted by Gasteiger charge is 1.59. The number of hydrogen-bond acceptors (Lipinski definition) is 1. The molecule has 0 bridgehead atoms. The zero-order valence-electron chi connectivity index (χ0n) is 12.9. The van der Waals surface area contributed by atoms with Gasteiger partial charge in [-0.25, -0.2) is 0 Å². The van der Waals surface area contributed by atoms with Gasteiger partial charge in [-0.3, -0.25) is 3.52 Å². The van der Waals surface area contributed by atoms with Gasteiger partial charge >= 0.3 is 0 Å². The van der Waals surface area contributed by atoms with Crippen molar-refractivity contribution < 1.29 is 1.41 Å². The second-order valence-electron chi connectivity index (χ2n) is 2.72. The fraction of sp³-hybridized carbons (Fsp3) is 0. The van der Waals surface area contributed by atoms with Crippen LogP contribution >= 0.6 is 22.9 Å². The predicted molar refractivity (Wildman–Crippen MR) is 104 cm³/mol. The summed E-state index contributed by atoms with van der Waals surface area (Å²) >= 11 is 1.69. The molecule has 0 aromatic carbocycles. The maximum Gasteiger partial charge on any atom is 0.183 e. The van der Waals surface area contributed by atoms with Crippen LogP contribution in [0.1, 0.15) is 0 Å². The average Bonchev–Trinajstić information content (AvgIpc) is 2.60. The number of nitrogens with one attached hydrogen (secondary N) is 1. The molecule has 0 aliphatic heterocycles. The van der Waals surface area contributed by atoms with Crippen LogP contribution in [0.15, 0.2) is 0 Å². The number of rotatable bonds is 0. The molecule has 0 aromatic rings. The summed E-state index contributed by atoms with van der Waals surface area (Å²) in [6, 6.07) is 2.39. The summed E-state index contributed by atoms with van der Waals surface area (Å²) < 4.78 is 7.87. The van der Waals surface area contributed by atoms with Crippen molar-refractivity contribution >= 4 is 22.9 Å². The molecule has 1 nitrogen and oxygen atoms in total. The van der Waals surface area contributed by atoms with Gasteiger partial charge in [0.15, 0.2) is 1.41 Å². The molecule has 0 amide bonds. The smallest absolute Gasteiger partial charge is 0.183 e. The monoisotopic (exact) mass is 409 g/mol. The Hall–Kier alpha value is -4.31. The van der Waals surface area contributed by atoms with Crippen LogP contribution in [0.25, 0.3) is 0 Å². The molecule has 0 saturated carbocycles. The van der Waals surface area contributed by atoms with Gasteiger partial charge < -0.3 is 0 Å². The maximum atomic E-state index is 6.95. The quantitative estimate of drug-likeness (QED) is 0.267. The molecule has 0 aromatic heterocycles. The van der Waals surface area contributed by atoms with E-state index in [-0.39, 0.29) is 0 Å². The summed E-state index contributed by atoms with van der Waals surface area (Å²) in [5.74, 6) is 48.8. The highest BCUT2D eigenvalue weighted by molar-refractivity contribution is 14.1. The summed E-state index contributed by atoms with van der Waals surface area (Å²) in [5.41, 5.74) is 0. The Morgan fingerprint density at radius 3 is 1.00 bits per heavy atom. The Kier molecular flexibility index (Phi) is 13.8. The van der Waals surface area contributed by atoms with Gasteiger partial charge in [-0.15, -0.1) is 6.42 Å². The van der Waals surface area contributed by atoms with Gasteiger partial charge in [0.1, 0.15) is 0 Å². The van der Waals surface area contributed by atoms with Crippen molar-refractivity contribution in [1.82, 2.24) is 3.52 Å². The Balaban J connectivity index is 4.40. The average molecular weight is 409 g/mol. The minimum Gasteiger partial charge on any atom is -0.287 e. The van der Waals surface area contributed by atoms with E-state index in [0.717, 1.165) is 3.52 Å². The molecular weight excluding hydrogens is 405 g/mol. The lowest BCUT2D eigenvalue weighted by Gasteiger charge is -1.65. The summed E-state index contributed by atoms with van der Waals surface area (Å²) in [5, 5.41) is 0. The van der Waals surface area contributed by atoms with Gasteiger partial charge in [0.25, 0.3) is 0 Å². The van der Waals surface area contributed by atoms with E-state index in [1.54, 1.807) is 22.9 Å². The molecule has 0 spiro atoms. The first-order valence-corrected chi connectivity index (χ1v) is 6.65. The zero-order valence-corrected chi connectivity index (χ0v) is 14.1. The van der Waals surface area contributed by atoms with E-state index in [1.807, 2.05) is 0 Å². The topological polar surface area (TPSA) is 12.0 Å². The van der Waals surface area contributed by atoms with Crippen molar-refractivity contribution in [2.75, 3.05) is 0 Å². The van der Waals surface area contributed by atoms with Crippen molar-refractivity contribution in [3.63, 3.8) is 0 Å². The van der Waals surface area contributed by atoms with E-state index in [1.165, 1.54) is 0 Å². The van der Waals surface area contributed by atoms with Gasteiger partial charge in [-0.2, -0.15) is 0 Å². The molecule has 24 heavy (non-hydrogen) atoms. The molecular formula is C22H2IN. The summed E-state index contributed by atoms with van der Waals surface area (Å²) in [6.45, 7) is 0. The second kappa shape index (κ2) is 18.7. The molecule has 0 aliphatic rings. The van der Waals surface area contributed by atoms with E-state index < -0.39 is 0 Å². The molecule has 0 radical (unpaired) electrons. The first kappa shape index (κ1) is 17.7. The van der Waals surface area contributed by atoms with Crippen LogP contribution < -0.4 is 3.52 Å². The van der Waals surface area contributed by atoms with Crippen molar-refractivity contribution in [2.45, 2.75) is 0 Å². The van der Waals surface area contributed by atoms with Crippen LogP contribution in [0.3, 0.4) is 0 Å². The Morgan fingerprint density at radius 2 is 0.750 bits per heavy atom. The minimum absolute atomic E-state index is 0.916. The lowest BCUT2D eigenvalue weighted by Crippen LogP contribution is -1.77. The zero-order chi connectivity index (χ0) is 18.4. The highest BCUT2D eigenvalue weighted by Crippen LogP contribution is 1.61.